The second-order valence-electron chi connectivity index (χ2n) is 9.09. The van der Waals surface area contributed by atoms with Crippen molar-refractivity contribution in [3.8, 4) is 0 Å². The molecule has 11 heteroatoms. The first-order chi connectivity index (χ1) is 18.4. The van der Waals surface area contributed by atoms with Gasteiger partial charge in [-0.15, -0.1) is 0 Å². The van der Waals surface area contributed by atoms with Crippen molar-refractivity contribution in [1.82, 2.24) is 0 Å². The van der Waals surface area contributed by atoms with E-state index >= 15 is 0 Å². The molecule has 0 unspecified atom stereocenters. The molecular formula is C28H22O10S. The zero-order valence-electron chi connectivity index (χ0n) is 20.1. The Bertz CT molecular complexity index is 1470. The molecule has 0 aliphatic heterocycles. The summed E-state index contributed by atoms with van der Waals surface area (Å²) in [6.07, 6.45) is 2.07. The van der Waals surface area contributed by atoms with Crippen LogP contribution in [-0.4, -0.2) is 52.7 Å². The van der Waals surface area contributed by atoms with Crippen molar-refractivity contribution in [2.75, 3.05) is 0 Å². The number of carboxylic acid groups (broad SMARTS) is 4. The van der Waals surface area contributed by atoms with E-state index in [-0.39, 0.29) is 11.1 Å². The van der Waals surface area contributed by atoms with Gasteiger partial charge in [0.05, 0.1) is 9.81 Å². The number of aliphatic carboxylic acids is 4. The molecule has 2 aromatic carbocycles. The molecule has 2 aliphatic carbocycles. The molecule has 0 aromatic heterocycles. The molecule has 0 amide bonds. The van der Waals surface area contributed by atoms with Crippen molar-refractivity contribution in [1.29, 1.82) is 0 Å². The molecule has 200 valence electrons. The number of sulfone groups is 1. The van der Waals surface area contributed by atoms with Crippen molar-refractivity contribution in [3.63, 3.8) is 0 Å². The van der Waals surface area contributed by atoms with E-state index in [1.54, 1.807) is 60.7 Å². The maximum Gasteiger partial charge on any atom is 0.325 e. The molecule has 0 radical (unpaired) electrons. The van der Waals surface area contributed by atoms with Gasteiger partial charge in [-0.25, -0.2) is 8.42 Å². The smallest absolute Gasteiger partial charge is 0.325 e. The second-order valence-corrected chi connectivity index (χ2v) is 11.1. The monoisotopic (exact) mass is 550 g/mol. The van der Waals surface area contributed by atoms with Crippen LogP contribution >= 0.6 is 0 Å². The van der Waals surface area contributed by atoms with Gasteiger partial charge in [-0.05, 0) is 22.3 Å². The number of rotatable bonds is 8. The lowest BCUT2D eigenvalue weighted by molar-refractivity contribution is -0.162. The summed E-state index contributed by atoms with van der Waals surface area (Å²) in [6, 6.07) is 16.0. The minimum Gasteiger partial charge on any atom is -0.480 e. The van der Waals surface area contributed by atoms with Gasteiger partial charge in [-0.3, -0.25) is 19.2 Å². The Morgan fingerprint density at radius 1 is 0.564 bits per heavy atom. The topological polar surface area (TPSA) is 183 Å². The van der Waals surface area contributed by atoms with Crippen molar-refractivity contribution in [2.45, 2.75) is 12.8 Å². The van der Waals surface area contributed by atoms with Gasteiger partial charge in [-0.1, -0.05) is 85.0 Å². The number of hydrogen-bond donors (Lipinski definition) is 4. The normalized spacial score (nSPS) is 18.1. The highest BCUT2D eigenvalue weighted by atomic mass is 32.2. The van der Waals surface area contributed by atoms with E-state index in [2.05, 4.69) is 0 Å². The number of hydrogen-bond acceptors (Lipinski definition) is 6. The van der Waals surface area contributed by atoms with E-state index in [1.165, 1.54) is 0 Å². The zero-order chi connectivity index (χ0) is 28.6. The molecule has 2 aromatic rings. The number of carboxylic acids is 4. The fourth-order valence-electron chi connectivity index (χ4n) is 4.60. The molecule has 0 spiro atoms. The van der Waals surface area contributed by atoms with E-state index in [9.17, 15) is 48.0 Å². The Hall–Kier alpha value is -4.77. The predicted octanol–water partition coefficient (Wildman–Crippen LogP) is 3.45. The Morgan fingerprint density at radius 3 is 1.15 bits per heavy atom. The first-order valence-electron chi connectivity index (χ1n) is 11.5. The summed E-state index contributed by atoms with van der Waals surface area (Å²) in [5.74, 6) is -7.18. The molecule has 4 rings (SSSR count). The van der Waals surface area contributed by atoms with Crippen LogP contribution in [-0.2, 0) is 29.0 Å². The molecule has 0 saturated carbocycles. The highest BCUT2D eigenvalue weighted by Crippen LogP contribution is 2.48. The average Bonchev–Trinajstić information content (AvgIpc) is 2.92. The van der Waals surface area contributed by atoms with Crippen LogP contribution in [0.4, 0.5) is 0 Å². The summed E-state index contributed by atoms with van der Waals surface area (Å²) in [6.45, 7) is 0. The quantitative estimate of drug-likeness (QED) is 0.355. The van der Waals surface area contributed by atoms with Crippen LogP contribution in [0.15, 0.2) is 94.8 Å². The second kappa shape index (κ2) is 9.84. The van der Waals surface area contributed by atoms with Crippen molar-refractivity contribution < 1.29 is 48.0 Å². The Morgan fingerprint density at radius 2 is 0.872 bits per heavy atom. The SMILES string of the molecule is O=C(O)C1(C(=O)O)C=CC(c2ccccc2)=C(S(=O)(=O)C2=C(c3ccccc3)C=CC(C(=O)O)(C(=O)O)C2)C1. The maximum atomic E-state index is 14.4. The largest absolute Gasteiger partial charge is 0.480 e. The standard InChI is InChI=1S/C28H22O10S/c29-23(30)27(24(31)32)13-11-19(17-7-3-1-4-8-17)21(15-27)39(37,38)22-16-28(25(33)34,26(35)36)14-12-20(22)18-9-5-2-6-10-18/h1-14H,15-16H2,(H,29,30)(H,31,32)(H,33,34)(H,35,36). The number of carbonyl (C=O) groups is 4. The molecule has 0 atom stereocenters. The first kappa shape index (κ1) is 27.3. The molecule has 0 fully saturated rings. The lowest BCUT2D eigenvalue weighted by Crippen LogP contribution is -2.42. The molecule has 39 heavy (non-hydrogen) atoms. The summed E-state index contributed by atoms with van der Waals surface area (Å²) in [4.78, 5) is 47.4. The van der Waals surface area contributed by atoms with Gasteiger partial charge < -0.3 is 20.4 Å². The van der Waals surface area contributed by atoms with Crippen LogP contribution in [0, 0.1) is 10.8 Å². The van der Waals surface area contributed by atoms with E-state index in [4.69, 9.17) is 0 Å². The van der Waals surface area contributed by atoms with Gasteiger partial charge in [0.1, 0.15) is 0 Å². The summed E-state index contributed by atoms with van der Waals surface area (Å²) in [5, 5.41) is 39.4. The number of benzene rings is 2. The first-order valence-corrected chi connectivity index (χ1v) is 13.0. The third kappa shape index (κ3) is 4.46. The van der Waals surface area contributed by atoms with E-state index < -0.39 is 67.2 Å². The van der Waals surface area contributed by atoms with Crippen LogP contribution in [0.2, 0.25) is 0 Å². The maximum absolute atomic E-state index is 14.4. The molecule has 0 bridgehead atoms. The van der Waals surface area contributed by atoms with Gasteiger partial charge in [0.2, 0.25) is 0 Å². The lowest BCUT2D eigenvalue weighted by Gasteiger charge is -2.32. The minimum atomic E-state index is -4.85. The van der Waals surface area contributed by atoms with E-state index in [0.717, 1.165) is 24.3 Å². The lowest BCUT2D eigenvalue weighted by atomic mass is 9.78. The van der Waals surface area contributed by atoms with Crippen LogP contribution in [0.5, 0.6) is 0 Å². The molecule has 4 N–H and O–H groups in total. The van der Waals surface area contributed by atoms with Crippen molar-refractivity contribution >= 4 is 44.9 Å². The number of allylic oxidation sites excluding steroid dienone is 6. The van der Waals surface area contributed by atoms with Gasteiger partial charge in [0.25, 0.3) is 0 Å². The van der Waals surface area contributed by atoms with Gasteiger partial charge in [0.15, 0.2) is 20.7 Å². The molecule has 0 heterocycles. The molecule has 2 aliphatic rings. The van der Waals surface area contributed by atoms with Gasteiger partial charge >= 0.3 is 23.9 Å². The van der Waals surface area contributed by atoms with Crippen molar-refractivity contribution in [3.05, 3.63) is 106 Å². The third-order valence-electron chi connectivity index (χ3n) is 6.89. The molecule has 10 nitrogen and oxygen atoms in total. The molecular weight excluding hydrogens is 528 g/mol. The van der Waals surface area contributed by atoms with Gasteiger partial charge in [0, 0.05) is 12.8 Å². The van der Waals surface area contributed by atoms with Crippen LogP contribution in [0.1, 0.15) is 24.0 Å². The third-order valence-corrected chi connectivity index (χ3v) is 8.92. The Labute approximate surface area is 222 Å². The average molecular weight is 551 g/mol. The van der Waals surface area contributed by atoms with E-state index in [0.29, 0.717) is 11.1 Å². The summed E-state index contributed by atoms with van der Waals surface area (Å²) < 4.78 is 28.8. The predicted molar refractivity (Wildman–Crippen MR) is 139 cm³/mol. The summed E-state index contributed by atoms with van der Waals surface area (Å²) in [7, 11) is -4.85. The zero-order valence-corrected chi connectivity index (χ0v) is 21.0. The van der Waals surface area contributed by atoms with Crippen LogP contribution < -0.4 is 0 Å². The fourth-order valence-corrected chi connectivity index (χ4v) is 6.68. The van der Waals surface area contributed by atoms with Crippen LogP contribution in [0.3, 0.4) is 0 Å². The summed E-state index contributed by atoms with van der Waals surface area (Å²) in [5.41, 5.74) is -4.55. The van der Waals surface area contributed by atoms with Gasteiger partial charge in [-0.2, -0.15) is 0 Å². The fraction of sp³-hybridized carbons (Fsp3) is 0.143. The minimum absolute atomic E-state index is 0.0134. The Balaban J connectivity index is 2.06. The Kier molecular flexibility index (Phi) is 6.88. The van der Waals surface area contributed by atoms with Crippen LogP contribution in [0.25, 0.3) is 11.1 Å². The summed E-state index contributed by atoms with van der Waals surface area (Å²) >= 11 is 0. The highest BCUT2D eigenvalue weighted by Gasteiger charge is 2.53. The van der Waals surface area contributed by atoms with Crippen molar-refractivity contribution in [2.24, 2.45) is 10.8 Å². The molecule has 0 saturated heterocycles. The highest BCUT2D eigenvalue weighted by molar-refractivity contribution is 7.99. The van der Waals surface area contributed by atoms with E-state index in [1.807, 2.05) is 0 Å².